The third kappa shape index (κ3) is 4.27. The highest BCUT2D eigenvalue weighted by molar-refractivity contribution is 5.90. The monoisotopic (exact) mass is 435 g/mol. The van der Waals surface area contributed by atoms with Crippen LogP contribution in [0.3, 0.4) is 0 Å². The van der Waals surface area contributed by atoms with E-state index in [0.717, 1.165) is 5.39 Å². The van der Waals surface area contributed by atoms with Crippen molar-refractivity contribution < 1.29 is 9.18 Å². The lowest BCUT2D eigenvalue weighted by molar-refractivity contribution is -0.107. The summed E-state index contributed by atoms with van der Waals surface area (Å²) in [7, 11) is 3.37. The number of hydrogen-bond acceptors (Lipinski definition) is 6. The van der Waals surface area contributed by atoms with Crippen LogP contribution in [0.2, 0.25) is 0 Å². The molecule has 0 bridgehead atoms. The van der Waals surface area contributed by atoms with E-state index < -0.39 is 0 Å². The second-order valence-corrected chi connectivity index (χ2v) is 6.77. The van der Waals surface area contributed by atoms with E-state index in [1.165, 1.54) is 11.0 Å². The van der Waals surface area contributed by atoms with E-state index in [0.29, 0.717) is 46.3 Å². The highest BCUT2D eigenvalue weighted by Gasteiger charge is 2.20. The molecule has 0 aliphatic rings. The summed E-state index contributed by atoms with van der Waals surface area (Å²) in [5, 5.41) is 8.43. The van der Waals surface area contributed by atoms with Crippen LogP contribution in [0.1, 0.15) is 25.1 Å². The maximum absolute atomic E-state index is 14.2. The van der Waals surface area contributed by atoms with Crippen LogP contribution in [-0.2, 0) is 11.3 Å². The standard InChI is InChI=1S/C21H20FN7O.C2H6/c1-13-18(28(3)12-30)20(23-2)26-19(25-13)17-15-8-6-10-24-21(15)29(27-17)11-14-7-4-5-9-16(14)22;1-2/h4-10,12H,11H2,1-3H3,(H,23,25,26);1-2H3. The minimum absolute atomic E-state index is 0.226. The Balaban J connectivity index is 0.00000141. The molecule has 9 heteroatoms. The number of amides is 1. The summed E-state index contributed by atoms with van der Waals surface area (Å²) in [6.45, 7) is 6.03. The molecule has 32 heavy (non-hydrogen) atoms. The van der Waals surface area contributed by atoms with Gasteiger partial charge in [-0.1, -0.05) is 32.0 Å². The zero-order valence-electron chi connectivity index (χ0n) is 18.8. The molecule has 1 aromatic carbocycles. The highest BCUT2D eigenvalue weighted by Crippen LogP contribution is 2.31. The molecular formula is C23H26FN7O. The molecular weight excluding hydrogens is 409 g/mol. The Hall–Kier alpha value is -3.88. The molecule has 166 valence electrons. The molecule has 4 aromatic rings. The first-order valence-corrected chi connectivity index (χ1v) is 10.3. The predicted molar refractivity (Wildman–Crippen MR) is 124 cm³/mol. The van der Waals surface area contributed by atoms with Gasteiger partial charge in [-0.25, -0.2) is 24.0 Å². The number of halogens is 1. The molecule has 0 unspecified atom stereocenters. The molecule has 1 N–H and O–H groups in total. The number of hydrogen-bond donors (Lipinski definition) is 1. The van der Waals surface area contributed by atoms with Crippen molar-refractivity contribution in [2.75, 3.05) is 24.3 Å². The van der Waals surface area contributed by atoms with Crippen LogP contribution in [0.4, 0.5) is 15.9 Å². The van der Waals surface area contributed by atoms with Crippen molar-refractivity contribution >= 4 is 28.9 Å². The normalized spacial score (nSPS) is 10.4. The summed E-state index contributed by atoms with van der Waals surface area (Å²) in [6, 6.07) is 10.3. The van der Waals surface area contributed by atoms with Gasteiger partial charge in [0.1, 0.15) is 17.2 Å². The van der Waals surface area contributed by atoms with Crippen LogP contribution in [0.5, 0.6) is 0 Å². The van der Waals surface area contributed by atoms with Gasteiger partial charge in [-0.2, -0.15) is 5.10 Å². The van der Waals surface area contributed by atoms with Gasteiger partial charge < -0.3 is 10.2 Å². The van der Waals surface area contributed by atoms with Crippen LogP contribution in [0.25, 0.3) is 22.6 Å². The highest BCUT2D eigenvalue weighted by atomic mass is 19.1. The molecule has 0 radical (unpaired) electrons. The quantitative estimate of drug-likeness (QED) is 0.460. The Bertz CT molecular complexity index is 1240. The first-order chi connectivity index (χ1) is 15.5. The number of anilines is 2. The molecule has 0 saturated carbocycles. The third-order valence-electron chi connectivity index (χ3n) is 4.80. The Kier molecular flexibility index (Phi) is 7.09. The second-order valence-electron chi connectivity index (χ2n) is 6.77. The van der Waals surface area contributed by atoms with E-state index >= 15 is 0 Å². The number of pyridine rings is 1. The molecule has 3 heterocycles. The third-order valence-corrected chi connectivity index (χ3v) is 4.80. The fourth-order valence-corrected chi connectivity index (χ4v) is 3.40. The maximum atomic E-state index is 14.2. The smallest absolute Gasteiger partial charge is 0.214 e. The van der Waals surface area contributed by atoms with Crippen LogP contribution >= 0.6 is 0 Å². The molecule has 8 nitrogen and oxygen atoms in total. The minimum atomic E-state index is -0.301. The molecule has 4 rings (SSSR count). The van der Waals surface area contributed by atoms with Gasteiger partial charge in [-0.3, -0.25) is 4.79 Å². The van der Waals surface area contributed by atoms with Gasteiger partial charge in [0.2, 0.25) is 6.41 Å². The van der Waals surface area contributed by atoms with E-state index in [4.69, 9.17) is 0 Å². The van der Waals surface area contributed by atoms with E-state index in [-0.39, 0.29) is 12.4 Å². The number of nitrogens with one attached hydrogen (secondary N) is 1. The molecule has 0 atom stereocenters. The van der Waals surface area contributed by atoms with Crippen molar-refractivity contribution in [3.63, 3.8) is 0 Å². The average molecular weight is 436 g/mol. The summed E-state index contributed by atoms with van der Waals surface area (Å²) in [5.74, 6) is 0.599. The van der Waals surface area contributed by atoms with Crippen LogP contribution < -0.4 is 10.2 Å². The van der Waals surface area contributed by atoms with Crippen molar-refractivity contribution in [1.82, 2.24) is 24.7 Å². The van der Waals surface area contributed by atoms with E-state index in [1.807, 2.05) is 19.9 Å². The Morgan fingerprint density at radius 1 is 1.16 bits per heavy atom. The lowest BCUT2D eigenvalue weighted by Crippen LogP contribution is -2.18. The number of rotatable bonds is 6. The fourth-order valence-electron chi connectivity index (χ4n) is 3.40. The maximum Gasteiger partial charge on any atom is 0.214 e. The summed E-state index contributed by atoms with van der Waals surface area (Å²) in [5.41, 5.74) is 2.87. The average Bonchev–Trinajstić information content (AvgIpc) is 3.19. The number of fused-ring (bicyclic) bond motifs is 1. The number of benzene rings is 1. The lowest BCUT2D eigenvalue weighted by atomic mass is 10.2. The van der Waals surface area contributed by atoms with Crippen molar-refractivity contribution in [1.29, 1.82) is 0 Å². The van der Waals surface area contributed by atoms with Gasteiger partial charge in [0.05, 0.1) is 17.6 Å². The first kappa shape index (κ1) is 22.8. The van der Waals surface area contributed by atoms with Crippen molar-refractivity contribution in [3.8, 4) is 11.5 Å². The fraction of sp³-hybridized carbons (Fsp3) is 0.261. The van der Waals surface area contributed by atoms with Crippen molar-refractivity contribution in [3.05, 3.63) is 59.7 Å². The van der Waals surface area contributed by atoms with E-state index in [9.17, 15) is 9.18 Å². The molecule has 3 aromatic heterocycles. The Labute approximate surface area is 186 Å². The molecule has 1 amide bonds. The zero-order chi connectivity index (χ0) is 23.3. The number of nitrogens with zero attached hydrogens (tertiary/aromatic N) is 6. The van der Waals surface area contributed by atoms with Crippen LogP contribution in [0, 0.1) is 12.7 Å². The van der Waals surface area contributed by atoms with Gasteiger partial charge in [0, 0.05) is 25.9 Å². The van der Waals surface area contributed by atoms with Gasteiger partial charge >= 0.3 is 0 Å². The van der Waals surface area contributed by atoms with E-state index in [2.05, 4.69) is 25.4 Å². The molecule has 0 aliphatic carbocycles. The Morgan fingerprint density at radius 2 is 1.91 bits per heavy atom. The van der Waals surface area contributed by atoms with Gasteiger partial charge in [0.25, 0.3) is 0 Å². The summed E-state index contributed by atoms with van der Waals surface area (Å²) < 4.78 is 15.8. The SMILES string of the molecule is CC.CNc1nc(-c2nn(Cc3ccccc3F)c3ncccc23)nc(C)c1N(C)C=O. The molecule has 0 aliphatic heterocycles. The van der Waals surface area contributed by atoms with Gasteiger partial charge in [-0.15, -0.1) is 0 Å². The minimum Gasteiger partial charge on any atom is -0.371 e. The van der Waals surface area contributed by atoms with Gasteiger partial charge in [0.15, 0.2) is 17.3 Å². The van der Waals surface area contributed by atoms with Crippen LogP contribution in [0.15, 0.2) is 42.6 Å². The lowest BCUT2D eigenvalue weighted by Gasteiger charge is -2.17. The summed E-state index contributed by atoms with van der Waals surface area (Å²) in [6.07, 6.45) is 2.37. The second kappa shape index (κ2) is 9.95. The summed E-state index contributed by atoms with van der Waals surface area (Å²) >= 11 is 0. The largest absolute Gasteiger partial charge is 0.371 e. The molecule has 0 fully saturated rings. The Morgan fingerprint density at radius 3 is 2.59 bits per heavy atom. The molecule has 0 spiro atoms. The van der Waals surface area contributed by atoms with Crippen LogP contribution in [-0.4, -0.2) is 45.2 Å². The van der Waals surface area contributed by atoms with E-state index in [1.54, 1.807) is 56.2 Å². The number of aromatic nitrogens is 5. The first-order valence-electron chi connectivity index (χ1n) is 10.3. The molecule has 0 saturated heterocycles. The summed E-state index contributed by atoms with van der Waals surface area (Å²) in [4.78, 5) is 26.3. The van der Waals surface area contributed by atoms with Crippen molar-refractivity contribution in [2.45, 2.75) is 27.3 Å². The predicted octanol–water partition coefficient (Wildman–Crippen LogP) is 4.04. The van der Waals surface area contributed by atoms with Gasteiger partial charge in [-0.05, 0) is 25.1 Å². The number of aryl methyl sites for hydroxylation is 1. The zero-order valence-corrected chi connectivity index (χ0v) is 18.8. The van der Waals surface area contributed by atoms with Crippen molar-refractivity contribution in [2.24, 2.45) is 0 Å². The number of carbonyl (C=O) groups excluding carboxylic acids is 1. The topological polar surface area (TPSA) is 88.8 Å². The number of carbonyl (C=O) groups is 1.